The average Bonchev–Trinajstić information content (AvgIpc) is 2.89. The van der Waals surface area contributed by atoms with E-state index < -0.39 is 23.4 Å². The molecule has 9 nitrogen and oxygen atoms in total. The van der Waals surface area contributed by atoms with Crippen LogP contribution in [0, 0.1) is 11.3 Å². The zero-order valence-electron chi connectivity index (χ0n) is 15.9. The molecule has 0 atom stereocenters. The van der Waals surface area contributed by atoms with Gasteiger partial charge in [0.1, 0.15) is 22.8 Å². The first-order valence-electron chi connectivity index (χ1n) is 8.02. The summed E-state index contributed by atoms with van der Waals surface area (Å²) in [5.74, 6) is 0.0185. The number of carbonyl (C=O) groups is 2. The minimum absolute atomic E-state index is 0.0185. The van der Waals surface area contributed by atoms with Crippen LogP contribution < -0.4 is 4.90 Å². The van der Waals surface area contributed by atoms with Crippen LogP contribution in [0.15, 0.2) is 16.9 Å². The zero-order valence-corrected chi connectivity index (χ0v) is 17.5. The van der Waals surface area contributed by atoms with Crippen LogP contribution in [0.2, 0.25) is 0 Å². The van der Waals surface area contributed by atoms with Gasteiger partial charge < -0.3 is 9.47 Å². The quantitative estimate of drug-likeness (QED) is 0.661. The maximum Gasteiger partial charge on any atom is 0.425 e. The Labute approximate surface area is 165 Å². The molecule has 0 saturated heterocycles. The molecule has 0 aliphatic carbocycles. The summed E-state index contributed by atoms with van der Waals surface area (Å²) in [6.45, 7) is 10.1. The molecule has 144 valence electrons. The molecule has 0 aliphatic rings. The fourth-order valence-corrected chi connectivity index (χ4v) is 2.49. The number of amides is 2. The van der Waals surface area contributed by atoms with Crippen LogP contribution in [-0.4, -0.2) is 38.0 Å². The summed E-state index contributed by atoms with van der Waals surface area (Å²) in [7, 11) is 0. The lowest BCUT2D eigenvalue weighted by Gasteiger charge is -2.29. The number of ether oxygens (including phenoxy) is 2. The lowest BCUT2D eigenvalue weighted by atomic mass is 10.2. The van der Waals surface area contributed by atoms with Crippen LogP contribution >= 0.6 is 15.9 Å². The van der Waals surface area contributed by atoms with Crippen molar-refractivity contribution in [2.75, 3.05) is 4.90 Å². The molecule has 2 aromatic heterocycles. The summed E-state index contributed by atoms with van der Waals surface area (Å²) >= 11 is 3.28. The van der Waals surface area contributed by atoms with Crippen LogP contribution in [0.4, 0.5) is 15.4 Å². The van der Waals surface area contributed by atoms with Crippen molar-refractivity contribution in [3.05, 3.63) is 22.4 Å². The molecule has 0 radical (unpaired) electrons. The van der Waals surface area contributed by atoms with Crippen molar-refractivity contribution >= 4 is 39.6 Å². The first-order valence-corrected chi connectivity index (χ1v) is 8.82. The number of nitriles is 1. The predicted molar refractivity (Wildman–Crippen MR) is 100 cm³/mol. The van der Waals surface area contributed by atoms with Gasteiger partial charge >= 0.3 is 12.2 Å². The SMILES string of the molecule is CC(C)(C)OC(=O)N(C(=O)OC(C)(C)C)c1c(Br)cnc2c(C#N)cnn12. The Morgan fingerprint density at radius 2 is 1.63 bits per heavy atom. The number of fused-ring (bicyclic) bond motifs is 1. The molecule has 2 rings (SSSR count). The molecule has 0 saturated carbocycles. The van der Waals surface area contributed by atoms with E-state index in [9.17, 15) is 14.9 Å². The van der Waals surface area contributed by atoms with E-state index >= 15 is 0 Å². The third kappa shape index (κ3) is 4.74. The number of rotatable bonds is 1. The number of aromatic nitrogens is 3. The second-order valence-corrected chi connectivity index (χ2v) is 8.49. The molecule has 2 amide bonds. The average molecular weight is 438 g/mol. The topological polar surface area (TPSA) is 110 Å². The second kappa shape index (κ2) is 7.15. The summed E-state index contributed by atoms with van der Waals surface area (Å²) in [5, 5.41) is 13.3. The number of hydrogen-bond acceptors (Lipinski definition) is 7. The minimum Gasteiger partial charge on any atom is -0.443 e. The Morgan fingerprint density at radius 3 is 2.07 bits per heavy atom. The van der Waals surface area contributed by atoms with E-state index in [1.165, 1.54) is 16.9 Å². The van der Waals surface area contributed by atoms with Crippen molar-refractivity contribution in [1.29, 1.82) is 5.26 Å². The second-order valence-electron chi connectivity index (χ2n) is 7.63. The first-order chi connectivity index (χ1) is 12.3. The van der Waals surface area contributed by atoms with E-state index in [2.05, 4.69) is 26.0 Å². The van der Waals surface area contributed by atoms with E-state index in [4.69, 9.17) is 9.47 Å². The van der Waals surface area contributed by atoms with Gasteiger partial charge in [-0.05, 0) is 57.5 Å². The summed E-state index contributed by atoms with van der Waals surface area (Å²) in [6.07, 6.45) is 0.771. The molecule has 2 heterocycles. The number of carbonyl (C=O) groups excluding carboxylic acids is 2. The number of nitrogens with zero attached hydrogens (tertiary/aromatic N) is 5. The fourth-order valence-electron chi connectivity index (χ4n) is 2.04. The fraction of sp³-hybridized carbons (Fsp3) is 0.471. The molecule has 10 heteroatoms. The molecule has 0 aromatic carbocycles. The van der Waals surface area contributed by atoms with E-state index in [0.717, 1.165) is 4.90 Å². The van der Waals surface area contributed by atoms with E-state index in [-0.39, 0.29) is 17.0 Å². The van der Waals surface area contributed by atoms with Crippen molar-refractivity contribution in [2.45, 2.75) is 52.7 Å². The van der Waals surface area contributed by atoms with Crippen molar-refractivity contribution in [2.24, 2.45) is 0 Å². The molecule has 0 unspecified atom stereocenters. The first kappa shape index (κ1) is 20.6. The molecule has 0 bridgehead atoms. The van der Waals surface area contributed by atoms with E-state index in [1.807, 2.05) is 6.07 Å². The van der Waals surface area contributed by atoms with E-state index in [0.29, 0.717) is 4.47 Å². The van der Waals surface area contributed by atoms with Gasteiger partial charge in [0.15, 0.2) is 11.5 Å². The van der Waals surface area contributed by atoms with Gasteiger partial charge in [0.25, 0.3) is 0 Å². The Kier molecular flexibility index (Phi) is 5.47. The number of hydrogen-bond donors (Lipinski definition) is 0. The van der Waals surface area contributed by atoms with Gasteiger partial charge in [0.2, 0.25) is 0 Å². The van der Waals surface area contributed by atoms with Gasteiger partial charge in [-0.3, -0.25) is 0 Å². The number of imide groups is 1. The molecule has 27 heavy (non-hydrogen) atoms. The summed E-state index contributed by atoms with van der Waals surface area (Å²) in [5.41, 5.74) is -1.32. The maximum atomic E-state index is 12.8. The highest BCUT2D eigenvalue weighted by Crippen LogP contribution is 2.30. The van der Waals surface area contributed by atoms with Gasteiger partial charge in [-0.2, -0.15) is 19.8 Å². The third-order valence-electron chi connectivity index (χ3n) is 2.94. The Morgan fingerprint density at radius 1 is 1.11 bits per heavy atom. The van der Waals surface area contributed by atoms with Gasteiger partial charge in [-0.25, -0.2) is 14.6 Å². The molecular formula is C17H20BrN5O4. The number of halogens is 1. The summed E-state index contributed by atoms with van der Waals surface area (Å²) < 4.78 is 12.2. The van der Waals surface area contributed by atoms with Crippen molar-refractivity contribution in [3.63, 3.8) is 0 Å². The Bertz CT molecular complexity index is 906. The van der Waals surface area contributed by atoms with Gasteiger partial charge in [0.05, 0.1) is 10.7 Å². The van der Waals surface area contributed by atoms with Gasteiger partial charge in [0, 0.05) is 6.20 Å². The van der Waals surface area contributed by atoms with Crippen LogP contribution in [0.25, 0.3) is 5.65 Å². The highest BCUT2D eigenvalue weighted by Gasteiger charge is 2.36. The summed E-state index contributed by atoms with van der Waals surface area (Å²) in [6, 6.07) is 1.96. The Balaban J connectivity index is 2.67. The highest BCUT2D eigenvalue weighted by atomic mass is 79.9. The third-order valence-corrected chi connectivity index (χ3v) is 3.50. The lowest BCUT2D eigenvalue weighted by Crippen LogP contribution is -2.44. The normalized spacial score (nSPS) is 11.8. The van der Waals surface area contributed by atoms with Crippen LogP contribution in [0.5, 0.6) is 0 Å². The van der Waals surface area contributed by atoms with Crippen LogP contribution in [-0.2, 0) is 9.47 Å². The molecule has 0 fully saturated rings. The predicted octanol–water partition coefficient (Wildman–Crippen LogP) is 4.04. The number of anilines is 1. The minimum atomic E-state index is -0.945. The van der Waals surface area contributed by atoms with Crippen LogP contribution in [0.3, 0.4) is 0 Å². The van der Waals surface area contributed by atoms with Crippen LogP contribution in [0.1, 0.15) is 47.1 Å². The Hall–Kier alpha value is -2.67. The highest BCUT2D eigenvalue weighted by molar-refractivity contribution is 9.10. The maximum absolute atomic E-state index is 12.8. The molecule has 0 aliphatic heterocycles. The zero-order chi connectivity index (χ0) is 20.6. The van der Waals surface area contributed by atoms with Crippen molar-refractivity contribution < 1.29 is 19.1 Å². The molecule has 0 spiro atoms. The van der Waals surface area contributed by atoms with Crippen molar-refractivity contribution in [1.82, 2.24) is 14.6 Å². The molecule has 2 aromatic rings. The largest absolute Gasteiger partial charge is 0.443 e. The lowest BCUT2D eigenvalue weighted by molar-refractivity contribution is 0.0427. The molecule has 0 N–H and O–H groups in total. The standard InChI is InChI=1S/C17H20BrN5O4/c1-16(2,3)26-14(24)22(15(25)27-17(4,5)6)13-11(18)9-20-12-10(7-19)8-21-23(12)13/h8-9H,1-6H3. The van der Waals surface area contributed by atoms with Gasteiger partial charge in [-0.15, -0.1) is 0 Å². The summed E-state index contributed by atoms with van der Waals surface area (Å²) in [4.78, 5) is 30.5. The smallest absolute Gasteiger partial charge is 0.425 e. The van der Waals surface area contributed by atoms with E-state index in [1.54, 1.807) is 41.5 Å². The van der Waals surface area contributed by atoms with Gasteiger partial charge in [-0.1, -0.05) is 0 Å². The molecular weight excluding hydrogens is 418 g/mol. The monoisotopic (exact) mass is 437 g/mol. The van der Waals surface area contributed by atoms with Crippen molar-refractivity contribution in [3.8, 4) is 6.07 Å².